The molecule has 3 aromatic heterocycles. The van der Waals surface area contributed by atoms with Gasteiger partial charge in [-0.25, -0.2) is 23.1 Å². The third-order valence-electron chi connectivity index (χ3n) is 5.90. The second-order valence-electron chi connectivity index (χ2n) is 8.82. The van der Waals surface area contributed by atoms with Crippen LogP contribution in [0.3, 0.4) is 0 Å². The highest BCUT2D eigenvalue weighted by molar-refractivity contribution is 7.92. The number of rotatable bonds is 8. The van der Waals surface area contributed by atoms with Crippen LogP contribution in [0.2, 0.25) is 0 Å². The first-order valence-corrected chi connectivity index (χ1v) is 13.2. The molecule has 1 aliphatic heterocycles. The van der Waals surface area contributed by atoms with Crippen molar-refractivity contribution in [3.8, 4) is 22.9 Å². The van der Waals surface area contributed by atoms with Crippen LogP contribution in [0, 0.1) is 13.8 Å². The van der Waals surface area contributed by atoms with Crippen LogP contribution in [-0.4, -0.2) is 52.4 Å². The van der Waals surface area contributed by atoms with Gasteiger partial charge in [0.05, 0.1) is 30.7 Å². The van der Waals surface area contributed by atoms with E-state index in [2.05, 4.69) is 30.1 Å². The number of sulfonamides is 1. The van der Waals surface area contributed by atoms with Crippen molar-refractivity contribution in [2.75, 3.05) is 23.3 Å². The summed E-state index contributed by atoms with van der Waals surface area (Å²) in [6.07, 6.45) is 5.17. The smallest absolute Gasteiger partial charge is 0.267 e. The fraction of sp³-hybridized carbons (Fsp3) is 0.280. The molecule has 5 rings (SSSR count). The molecule has 4 heterocycles. The maximum absolute atomic E-state index is 12.9. The van der Waals surface area contributed by atoms with Crippen molar-refractivity contribution in [2.24, 2.45) is 7.05 Å². The molecule has 0 amide bonds. The zero-order chi connectivity index (χ0) is 26.0. The van der Waals surface area contributed by atoms with Crippen LogP contribution in [-0.2, 0) is 21.8 Å². The van der Waals surface area contributed by atoms with Crippen molar-refractivity contribution < 1.29 is 17.9 Å². The second-order valence-corrected chi connectivity index (χ2v) is 10.5. The Morgan fingerprint density at radius 2 is 1.92 bits per heavy atom. The molecular formula is C25H27N7O4S. The third kappa shape index (κ3) is 5.70. The number of aromatic nitrogens is 5. The van der Waals surface area contributed by atoms with Gasteiger partial charge < -0.3 is 14.8 Å². The average molecular weight is 522 g/mol. The molecule has 192 valence electrons. The van der Waals surface area contributed by atoms with Gasteiger partial charge in [-0.3, -0.25) is 4.68 Å². The predicted octanol–water partition coefficient (Wildman–Crippen LogP) is 3.68. The van der Waals surface area contributed by atoms with Gasteiger partial charge in [0.2, 0.25) is 11.8 Å². The molecule has 11 nitrogen and oxygen atoms in total. The summed E-state index contributed by atoms with van der Waals surface area (Å²) >= 11 is 0. The molecule has 0 bridgehead atoms. The van der Waals surface area contributed by atoms with Gasteiger partial charge >= 0.3 is 0 Å². The summed E-state index contributed by atoms with van der Waals surface area (Å²) in [6.45, 7) is 5.33. The zero-order valence-electron chi connectivity index (χ0n) is 20.7. The van der Waals surface area contributed by atoms with Crippen molar-refractivity contribution in [3.05, 3.63) is 66.1 Å². The average Bonchev–Trinajstić information content (AvgIpc) is 3.52. The molecule has 1 unspecified atom stereocenters. The molecular weight excluding hydrogens is 494 g/mol. The number of hydrogen-bond donors (Lipinski definition) is 2. The van der Waals surface area contributed by atoms with Crippen LogP contribution in [0.25, 0.3) is 11.3 Å². The maximum Gasteiger partial charge on any atom is 0.267 e. The van der Waals surface area contributed by atoms with Crippen molar-refractivity contribution in [2.45, 2.75) is 31.2 Å². The SMILES string of the molecule is Cc1cccc(C)c1-c1cc(Oc2ccc(NC3CCOC3)nc2)nc(NS(=O)(=O)c2cnn(C)c2)n1. The van der Waals surface area contributed by atoms with E-state index < -0.39 is 10.0 Å². The summed E-state index contributed by atoms with van der Waals surface area (Å²) < 4.78 is 41.1. The highest BCUT2D eigenvalue weighted by Crippen LogP contribution is 2.31. The van der Waals surface area contributed by atoms with Gasteiger partial charge in [0.15, 0.2) is 0 Å². The summed E-state index contributed by atoms with van der Waals surface area (Å²) in [5, 5.41) is 7.26. The molecule has 37 heavy (non-hydrogen) atoms. The van der Waals surface area contributed by atoms with E-state index in [-0.39, 0.29) is 22.8 Å². The summed E-state index contributed by atoms with van der Waals surface area (Å²) in [6, 6.07) is 11.4. The van der Waals surface area contributed by atoms with E-state index in [1.807, 2.05) is 38.1 Å². The second kappa shape index (κ2) is 10.1. The lowest BCUT2D eigenvalue weighted by molar-refractivity contribution is 0.195. The van der Waals surface area contributed by atoms with E-state index in [4.69, 9.17) is 9.47 Å². The quantitative estimate of drug-likeness (QED) is 0.356. The monoisotopic (exact) mass is 521 g/mol. The lowest BCUT2D eigenvalue weighted by Crippen LogP contribution is -2.19. The Morgan fingerprint density at radius 3 is 2.57 bits per heavy atom. The Balaban J connectivity index is 1.46. The van der Waals surface area contributed by atoms with E-state index in [9.17, 15) is 8.42 Å². The largest absolute Gasteiger partial charge is 0.437 e. The van der Waals surface area contributed by atoms with Gasteiger partial charge in [0.1, 0.15) is 16.5 Å². The van der Waals surface area contributed by atoms with Crippen LogP contribution in [0.1, 0.15) is 17.5 Å². The molecule has 1 aliphatic rings. The molecule has 1 saturated heterocycles. The van der Waals surface area contributed by atoms with Crippen LogP contribution in [0.4, 0.5) is 11.8 Å². The molecule has 0 saturated carbocycles. The van der Waals surface area contributed by atoms with Gasteiger partial charge in [-0.2, -0.15) is 10.1 Å². The lowest BCUT2D eigenvalue weighted by atomic mass is 10.00. The molecule has 1 aromatic carbocycles. The molecule has 0 radical (unpaired) electrons. The van der Waals surface area contributed by atoms with E-state index >= 15 is 0 Å². The molecule has 0 aliphatic carbocycles. The summed E-state index contributed by atoms with van der Waals surface area (Å²) in [4.78, 5) is 13.2. The van der Waals surface area contributed by atoms with E-state index in [1.54, 1.807) is 25.4 Å². The minimum absolute atomic E-state index is 0.00139. The zero-order valence-corrected chi connectivity index (χ0v) is 21.5. The van der Waals surface area contributed by atoms with Gasteiger partial charge in [0, 0.05) is 31.5 Å². The number of nitrogens with one attached hydrogen (secondary N) is 2. The summed E-state index contributed by atoms with van der Waals surface area (Å²) in [5.74, 6) is 1.21. The first-order chi connectivity index (χ1) is 17.8. The Hall–Kier alpha value is -4.03. The molecule has 1 fully saturated rings. The predicted molar refractivity (Wildman–Crippen MR) is 138 cm³/mol. The van der Waals surface area contributed by atoms with Crippen LogP contribution in [0.5, 0.6) is 11.6 Å². The van der Waals surface area contributed by atoms with Crippen LogP contribution < -0.4 is 14.8 Å². The minimum Gasteiger partial charge on any atom is -0.437 e. The number of nitrogens with zero attached hydrogens (tertiary/aromatic N) is 5. The fourth-order valence-electron chi connectivity index (χ4n) is 4.09. The number of ether oxygens (including phenoxy) is 2. The summed E-state index contributed by atoms with van der Waals surface area (Å²) in [5.41, 5.74) is 3.36. The van der Waals surface area contributed by atoms with Crippen molar-refractivity contribution in [3.63, 3.8) is 0 Å². The first-order valence-electron chi connectivity index (χ1n) is 11.7. The molecule has 2 N–H and O–H groups in total. The normalized spacial score (nSPS) is 15.5. The van der Waals surface area contributed by atoms with Gasteiger partial charge in [-0.15, -0.1) is 0 Å². The molecule has 1 atom stereocenters. The van der Waals surface area contributed by atoms with E-state index in [1.165, 1.54) is 17.1 Å². The highest BCUT2D eigenvalue weighted by Gasteiger charge is 2.20. The Morgan fingerprint density at radius 1 is 1.11 bits per heavy atom. The van der Waals surface area contributed by atoms with E-state index in [0.717, 1.165) is 29.7 Å². The van der Waals surface area contributed by atoms with Crippen LogP contribution in [0.15, 0.2) is 59.9 Å². The first kappa shape index (κ1) is 24.7. The van der Waals surface area contributed by atoms with Crippen LogP contribution >= 0.6 is 0 Å². The van der Waals surface area contributed by atoms with E-state index in [0.29, 0.717) is 23.9 Å². The lowest BCUT2D eigenvalue weighted by Gasteiger charge is -2.14. The standard InChI is InChI=1S/C25H27N7O4S/c1-16-5-4-6-17(2)24(16)21-11-23(30-25(29-21)31-37(33,34)20-13-27-32(3)14-20)36-19-7-8-22(26-12-19)28-18-9-10-35-15-18/h4-8,11-14,18H,9-10,15H2,1-3H3,(H,26,28)(H,29,30,31). The highest BCUT2D eigenvalue weighted by atomic mass is 32.2. The number of hydrogen-bond acceptors (Lipinski definition) is 9. The Bertz CT molecular complexity index is 1490. The van der Waals surface area contributed by atoms with Crippen molar-refractivity contribution in [1.29, 1.82) is 0 Å². The fourth-order valence-corrected chi connectivity index (χ4v) is 5.02. The van der Waals surface area contributed by atoms with Gasteiger partial charge in [0.25, 0.3) is 10.0 Å². The number of anilines is 2. The number of aryl methyl sites for hydroxylation is 3. The molecule has 12 heteroatoms. The minimum atomic E-state index is -3.96. The summed E-state index contributed by atoms with van der Waals surface area (Å²) in [7, 11) is -2.32. The Kier molecular flexibility index (Phi) is 6.76. The molecule has 4 aromatic rings. The topological polar surface area (TPSA) is 133 Å². The number of pyridine rings is 1. The number of benzene rings is 1. The van der Waals surface area contributed by atoms with Gasteiger partial charge in [-0.1, -0.05) is 18.2 Å². The third-order valence-corrected chi connectivity index (χ3v) is 7.18. The molecule has 0 spiro atoms. The maximum atomic E-state index is 12.9. The van der Waals surface area contributed by atoms with Crippen molar-refractivity contribution >= 4 is 21.8 Å². The Labute approximate surface area is 215 Å². The van der Waals surface area contributed by atoms with Gasteiger partial charge in [-0.05, 0) is 43.5 Å². The van der Waals surface area contributed by atoms with Crippen molar-refractivity contribution in [1.82, 2.24) is 24.7 Å².